The zero-order chi connectivity index (χ0) is 18.7. The first kappa shape index (κ1) is 17.3. The monoisotopic (exact) mass is 357 g/mol. The number of hydrogen-bond donors (Lipinski definition) is 1. The third kappa shape index (κ3) is 3.21. The molecule has 1 fully saturated rings. The maximum atomic E-state index is 13.1. The van der Waals surface area contributed by atoms with Crippen LogP contribution in [0.5, 0.6) is 5.75 Å². The molecule has 3 aromatic carbocycles. The maximum Gasteiger partial charge on any atom is 0.228 e. The van der Waals surface area contributed by atoms with Crippen molar-refractivity contribution in [3.63, 3.8) is 0 Å². The molecule has 27 heavy (non-hydrogen) atoms. The molecule has 0 saturated heterocycles. The molecular weight excluding hydrogens is 334 g/mol. The molecule has 0 bridgehead atoms. The van der Waals surface area contributed by atoms with Gasteiger partial charge in [-0.1, -0.05) is 72.8 Å². The lowest BCUT2D eigenvalue weighted by Crippen LogP contribution is -2.22. The highest BCUT2D eigenvalue weighted by Gasteiger charge is 2.60. The smallest absolute Gasteiger partial charge is 0.228 e. The van der Waals surface area contributed by atoms with Crippen LogP contribution in [0.15, 0.2) is 84.9 Å². The van der Waals surface area contributed by atoms with Crippen molar-refractivity contribution in [2.45, 2.75) is 18.8 Å². The van der Waals surface area contributed by atoms with Gasteiger partial charge in [-0.25, -0.2) is 0 Å². The standard InChI is InChI=1S/C24H23NO2/c1-2-27-22-16-10-9-15-21(22)25-23(26)20-17-24(20,18-11-5-3-6-12-18)19-13-7-4-8-14-19/h3-16,20H,2,17H2,1H3,(H,25,26)/t20-/m1/s1. The van der Waals surface area contributed by atoms with E-state index >= 15 is 0 Å². The predicted molar refractivity (Wildman–Crippen MR) is 108 cm³/mol. The SMILES string of the molecule is CCOc1ccccc1NC(=O)[C@H]1CC1(c1ccccc1)c1ccccc1. The Morgan fingerprint density at radius 3 is 2.07 bits per heavy atom. The Bertz CT molecular complexity index is 882. The first-order valence-corrected chi connectivity index (χ1v) is 9.39. The molecule has 3 aromatic rings. The van der Waals surface area contributed by atoms with Gasteiger partial charge in [0, 0.05) is 5.41 Å². The number of ether oxygens (including phenoxy) is 1. The Kier molecular flexibility index (Phi) is 4.68. The first-order chi connectivity index (χ1) is 13.3. The van der Waals surface area contributed by atoms with Gasteiger partial charge in [-0.2, -0.15) is 0 Å². The molecule has 0 unspecified atom stereocenters. The molecule has 3 heteroatoms. The van der Waals surface area contributed by atoms with Crippen molar-refractivity contribution in [2.75, 3.05) is 11.9 Å². The third-order valence-electron chi connectivity index (χ3n) is 5.30. The molecule has 3 nitrogen and oxygen atoms in total. The fourth-order valence-corrected chi connectivity index (χ4v) is 3.93. The quantitative estimate of drug-likeness (QED) is 0.672. The van der Waals surface area contributed by atoms with Crippen molar-refractivity contribution in [3.05, 3.63) is 96.1 Å². The van der Waals surface area contributed by atoms with Crippen LogP contribution in [0.25, 0.3) is 0 Å². The van der Waals surface area contributed by atoms with Gasteiger partial charge in [0.2, 0.25) is 5.91 Å². The highest BCUT2D eigenvalue weighted by atomic mass is 16.5. The van der Waals surface area contributed by atoms with E-state index in [9.17, 15) is 4.79 Å². The molecule has 1 atom stereocenters. The molecular formula is C24H23NO2. The number of para-hydroxylation sites is 2. The molecule has 0 aromatic heterocycles. The normalized spacial score (nSPS) is 17.1. The summed E-state index contributed by atoms with van der Waals surface area (Å²) < 4.78 is 5.64. The van der Waals surface area contributed by atoms with E-state index in [1.807, 2.05) is 67.6 Å². The van der Waals surface area contributed by atoms with Crippen LogP contribution in [0.4, 0.5) is 5.69 Å². The average Bonchev–Trinajstić information content (AvgIpc) is 3.48. The Morgan fingerprint density at radius 2 is 1.48 bits per heavy atom. The van der Waals surface area contributed by atoms with Crippen molar-refractivity contribution in [2.24, 2.45) is 5.92 Å². The summed E-state index contributed by atoms with van der Waals surface area (Å²) in [4.78, 5) is 13.1. The van der Waals surface area contributed by atoms with Crippen LogP contribution < -0.4 is 10.1 Å². The Morgan fingerprint density at radius 1 is 0.926 bits per heavy atom. The second-order valence-corrected chi connectivity index (χ2v) is 6.88. The molecule has 4 rings (SSSR count). The van der Waals surface area contributed by atoms with Gasteiger partial charge in [0.15, 0.2) is 0 Å². The van der Waals surface area contributed by atoms with Crippen LogP contribution in [0, 0.1) is 5.92 Å². The van der Waals surface area contributed by atoms with Gasteiger partial charge < -0.3 is 10.1 Å². The highest BCUT2D eigenvalue weighted by Crippen LogP contribution is 2.59. The second-order valence-electron chi connectivity index (χ2n) is 6.88. The summed E-state index contributed by atoms with van der Waals surface area (Å²) in [5.41, 5.74) is 2.85. The molecule has 0 aliphatic heterocycles. The third-order valence-corrected chi connectivity index (χ3v) is 5.30. The molecule has 0 heterocycles. The first-order valence-electron chi connectivity index (χ1n) is 9.39. The lowest BCUT2D eigenvalue weighted by Gasteiger charge is -2.19. The number of anilines is 1. The second kappa shape index (κ2) is 7.28. The van der Waals surface area contributed by atoms with Crippen LogP contribution in [0.3, 0.4) is 0 Å². The van der Waals surface area contributed by atoms with Crippen LogP contribution in [0.1, 0.15) is 24.5 Å². The summed E-state index contributed by atoms with van der Waals surface area (Å²) in [6, 6.07) is 28.3. The van der Waals surface area contributed by atoms with Crippen LogP contribution >= 0.6 is 0 Å². The summed E-state index contributed by atoms with van der Waals surface area (Å²) in [5.74, 6) is 0.644. The summed E-state index contributed by atoms with van der Waals surface area (Å²) in [6.07, 6.45) is 0.809. The van der Waals surface area contributed by atoms with E-state index in [2.05, 4.69) is 29.6 Å². The van der Waals surface area contributed by atoms with E-state index in [1.165, 1.54) is 11.1 Å². The van der Waals surface area contributed by atoms with Crippen molar-refractivity contribution < 1.29 is 9.53 Å². The van der Waals surface area contributed by atoms with Crippen LogP contribution in [0.2, 0.25) is 0 Å². The van der Waals surface area contributed by atoms with E-state index in [1.54, 1.807) is 0 Å². The van der Waals surface area contributed by atoms with Crippen LogP contribution in [-0.2, 0) is 10.2 Å². The lowest BCUT2D eigenvalue weighted by molar-refractivity contribution is -0.117. The lowest BCUT2D eigenvalue weighted by atomic mass is 9.85. The number of benzene rings is 3. The molecule has 1 saturated carbocycles. The van der Waals surface area contributed by atoms with Gasteiger partial charge in [-0.05, 0) is 36.6 Å². The van der Waals surface area contributed by atoms with Gasteiger partial charge in [-0.15, -0.1) is 0 Å². The zero-order valence-corrected chi connectivity index (χ0v) is 15.4. The minimum absolute atomic E-state index is 0.0369. The summed E-state index contributed by atoms with van der Waals surface area (Å²) in [5, 5.41) is 3.09. The Hall–Kier alpha value is -3.07. The fraction of sp³-hybridized carbons (Fsp3) is 0.208. The number of carbonyl (C=O) groups is 1. The number of rotatable bonds is 6. The van der Waals surface area contributed by atoms with Crippen molar-refractivity contribution >= 4 is 11.6 Å². The van der Waals surface area contributed by atoms with E-state index in [0.717, 1.165) is 12.1 Å². The Labute approximate surface area is 160 Å². The molecule has 0 spiro atoms. The molecule has 1 aliphatic rings. The molecule has 136 valence electrons. The van der Waals surface area contributed by atoms with Crippen molar-refractivity contribution in [1.29, 1.82) is 0 Å². The minimum Gasteiger partial charge on any atom is -0.492 e. The van der Waals surface area contributed by atoms with Crippen molar-refractivity contribution in [3.8, 4) is 5.75 Å². The summed E-state index contributed by atoms with van der Waals surface area (Å²) in [7, 11) is 0. The maximum absolute atomic E-state index is 13.1. The van der Waals surface area contributed by atoms with E-state index in [-0.39, 0.29) is 17.2 Å². The number of nitrogens with one attached hydrogen (secondary N) is 1. The number of carbonyl (C=O) groups excluding carboxylic acids is 1. The molecule has 1 aliphatic carbocycles. The van der Waals surface area contributed by atoms with E-state index < -0.39 is 0 Å². The summed E-state index contributed by atoms with van der Waals surface area (Å²) in [6.45, 7) is 2.50. The predicted octanol–water partition coefficient (Wildman–Crippen LogP) is 5.03. The number of amides is 1. The molecule has 0 radical (unpaired) electrons. The zero-order valence-electron chi connectivity index (χ0n) is 15.4. The Balaban J connectivity index is 1.64. The van der Waals surface area contributed by atoms with E-state index in [0.29, 0.717) is 12.4 Å². The topological polar surface area (TPSA) is 38.3 Å². The average molecular weight is 357 g/mol. The van der Waals surface area contributed by atoms with Crippen molar-refractivity contribution in [1.82, 2.24) is 0 Å². The molecule has 1 N–H and O–H groups in total. The van der Waals surface area contributed by atoms with Gasteiger partial charge in [-0.3, -0.25) is 4.79 Å². The number of hydrogen-bond acceptors (Lipinski definition) is 2. The fourth-order valence-electron chi connectivity index (χ4n) is 3.93. The van der Waals surface area contributed by atoms with Gasteiger partial charge in [0.1, 0.15) is 5.75 Å². The van der Waals surface area contributed by atoms with Gasteiger partial charge in [0.25, 0.3) is 0 Å². The highest BCUT2D eigenvalue weighted by molar-refractivity contribution is 5.98. The van der Waals surface area contributed by atoms with Gasteiger partial charge >= 0.3 is 0 Å². The minimum atomic E-state index is -0.257. The van der Waals surface area contributed by atoms with Gasteiger partial charge in [0.05, 0.1) is 18.2 Å². The van der Waals surface area contributed by atoms with Crippen LogP contribution in [-0.4, -0.2) is 12.5 Å². The summed E-state index contributed by atoms with van der Waals surface area (Å²) >= 11 is 0. The molecule has 1 amide bonds. The van der Waals surface area contributed by atoms with E-state index in [4.69, 9.17) is 4.74 Å². The largest absolute Gasteiger partial charge is 0.492 e.